The Morgan fingerprint density at radius 3 is 2.19 bits per heavy atom. The second-order valence-electron chi connectivity index (χ2n) is 5.41. The van der Waals surface area contributed by atoms with E-state index in [1.165, 1.54) is 12.1 Å². The third-order valence-electron chi connectivity index (χ3n) is 3.63. The number of sulfonamides is 1. The fourth-order valence-corrected chi connectivity index (χ4v) is 3.49. The first kappa shape index (κ1) is 18.8. The Hall–Kier alpha value is -2.00. The van der Waals surface area contributed by atoms with Crippen molar-refractivity contribution in [2.75, 3.05) is 0 Å². The zero-order valence-electron chi connectivity index (χ0n) is 13.1. The lowest BCUT2D eigenvalue weighted by atomic mass is 9.99. The van der Waals surface area contributed by atoms with Crippen LogP contribution in [-0.4, -0.2) is 13.6 Å². The molecule has 3 rings (SSSR count). The summed E-state index contributed by atoms with van der Waals surface area (Å²) in [5.41, 5.74) is 1.08. The van der Waals surface area contributed by atoms with Crippen molar-refractivity contribution < 1.29 is 21.7 Å². The molecule has 2 N–H and O–H groups in total. The highest BCUT2D eigenvalue weighted by Crippen LogP contribution is 2.38. The zero-order valence-corrected chi connectivity index (χ0v) is 15.4. The normalized spacial score (nSPS) is 11.8. The molecule has 0 aliphatic heterocycles. The lowest BCUT2D eigenvalue weighted by Crippen LogP contribution is -2.16. The second kappa shape index (κ2) is 6.62. The van der Waals surface area contributed by atoms with E-state index in [0.717, 1.165) is 12.1 Å². The molecule has 5 nitrogen and oxygen atoms in total. The molecule has 0 radical (unpaired) electrons. The van der Waals surface area contributed by atoms with Crippen molar-refractivity contribution in [2.24, 2.45) is 5.14 Å². The Balaban J connectivity index is 2.23. The molecule has 10 heteroatoms. The van der Waals surface area contributed by atoms with E-state index in [9.17, 15) is 17.2 Å². The number of benzene rings is 2. The minimum Gasteiger partial charge on any atom is -0.360 e. The van der Waals surface area contributed by atoms with E-state index >= 15 is 0 Å². The summed E-state index contributed by atoms with van der Waals surface area (Å²) < 4.78 is 56.2. The van der Waals surface area contributed by atoms with Crippen LogP contribution < -0.4 is 5.14 Å². The molecule has 0 aliphatic rings. The van der Waals surface area contributed by atoms with Crippen molar-refractivity contribution in [3.05, 3.63) is 57.8 Å². The molecule has 0 bridgehead atoms. The van der Waals surface area contributed by atoms with Gasteiger partial charge in [-0.05, 0) is 36.8 Å². The highest BCUT2D eigenvalue weighted by atomic mass is 35.5. The van der Waals surface area contributed by atoms with Crippen molar-refractivity contribution >= 4 is 33.2 Å². The van der Waals surface area contributed by atoms with Gasteiger partial charge in [-0.3, -0.25) is 0 Å². The number of primary sulfonamides is 1. The van der Waals surface area contributed by atoms with Crippen LogP contribution in [0.25, 0.3) is 22.4 Å². The number of nitrogens with zero attached hydrogens (tertiary/aromatic N) is 1. The van der Waals surface area contributed by atoms with Crippen LogP contribution in [0.4, 0.5) is 8.78 Å². The monoisotopic (exact) mass is 418 g/mol. The average Bonchev–Trinajstić information content (AvgIpc) is 2.89. The van der Waals surface area contributed by atoms with Crippen LogP contribution in [0.15, 0.2) is 39.8 Å². The Labute approximate surface area is 157 Å². The molecule has 0 fully saturated rings. The maximum absolute atomic E-state index is 14.2. The van der Waals surface area contributed by atoms with Gasteiger partial charge in [-0.2, -0.15) is 0 Å². The summed E-state index contributed by atoms with van der Waals surface area (Å²) in [6.07, 6.45) is 0. The van der Waals surface area contributed by atoms with Gasteiger partial charge in [0.15, 0.2) is 4.90 Å². The Bertz CT molecular complexity index is 1110. The molecule has 1 heterocycles. The van der Waals surface area contributed by atoms with E-state index in [1.54, 1.807) is 13.0 Å². The molecule has 1 aromatic heterocycles. The summed E-state index contributed by atoms with van der Waals surface area (Å²) in [5.74, 6) is -2.36. The van der Waals surface area contributed by atoms with Gasteiger partial charge < -0.3 is 4.52 Å². The van der Waals surface area contributed by atoms with Crippen molar-refractivity contribution in [1.29, 1.82) is 0 Å². The third-order valence-corrected chi connectivity index (χ3v) is 5.33. The van der Waals surface area contributed by atoms with Crippen LogP contribution in [0.5, 0.6) is 0 Å². The SMILES string of the molecule is Cc1onc(-c2ccc(Cl)c(Cl)c2)c1-c1cc(F)c(S(N)(=O)=O)c(F)c1. The lowest BCUT2D eigenvalue weighted by molar-refractivity contribution is 0.400. The Kier molecular flexibility index (Phi) is 4.78. The van der Waals surface area contributed by atoms with Gasteiger partial charge in [-0.25, -0.2) is 22.3 Å². The minimum absolute atomic E-state index is 0.0345. The smallest absolute Gasteiger partial charge is 0.243 e. The highest BCUT2D eigenvalue weighted by Gasteiger charge is 2.25. The molecule has 0 saturated carbocycles. The number of aryl methyl sites for hydroxylation is 1. The van der Waals surface area contributed by atoms with Crippen molar-refractivity contribution in [2.45, 2.75) is 11.8 Å². The number of aromatic nitrogens is 1. The van der Waals surface area contributed by atoms with E-state index < -0.39 is 26.6 Å². The van der Waals surface area contributed by atoms with E-state index in [-0.39, 0.29) is 27.6 Å². The number of rotatable bonds is 3. The molecule has 0 spiro atoms. The van der Waals surface area contributed by atoms with Gasteiger partial charge in [-0.1, -0.05) is 34.4 Å². The maximum Gasteiger partial charge on any atom is 0.243 e. The number of hydrogen-bond acceptors (Lipinski definition) is 4. The predicted molar refractivity (Wildman–Crippen MR) is 93.4 cm³/mol. The minimum atomic E-state index is -4.55. The van der Waals surface area contributed by atoms with Crippen molar-refractivity contribution in [3.8, 4) is 22.4 Å². The standard InChI is InChI=1S/C16H10Cl2F2N2O3S/c1-7-14(9-5-12(19)16(13(20)6-9)26(21,23)24)15(22-25-7)8-2-3-10(17)11(18)4-8/h2-6H,1H3,(H2,21,23,24). The molecule has 0 atom stereocenters. The summed E-state index contributed by atoms with van der Waals surface area (Å²) in [6.45, 7) is 1.55. The Morgan fingerprint density at radius 1 is 1.04 bits per heavy atom. The molecule has 0 amide bonds. The van der Waals surface area contributed by atoms with Gasteiger partial charge in [-0.15, -0.1) is 0 Å². The largest absolute Gasteiger partial charge is 0.360 e. The summed E-state index contributed by atoms with van der Waals surface area (Å²) in [7, 11) is -4.55. The maximum atomic E-state index is 14.2. The van der Waals surface area contributed by atoms with Crippen LogP contribution in [0.3, 0.4) is 0 Å². The van der Waals surface area contributed by atoms with Gasteiger partial charge in [0.1, 0.15) is 23.1 Å². The zero-order chi connectivity index (χ0) is 19.2. The highest BCUT2D eigenvalue weighted by molar-refractivity contribution is 7.89. The number of nitrogens with two attached hydrogens (primary N) is 1. The van der Waals surface area contributed by atoms with Crippen LogP contribution >= 0.6 is 23.2 Å². The van der Waals surface area contributed by atoms with Crippen LogP contribution in [-0.2, 0) is 10.0 Å². The molecular weight excluding hydrogens is 409 g/mol. The second-order valence-corrected chi connectivity index (χ2v) is 7.72. The molecule has 0 saturated heterocycles. The fraction of sp³-hybridized carbons (Fsp3) is 0.0625. The molecule has 2 aromatic carbocycles. The van der Waals surface area contributed by atoms with Crippen LogP contribution in [0, 0.1) is 18.6 Å². The first-order valence-corrected chi connectivity index (χ1v) is 9.33. The lowest BCUT2D eigenvalue weighted by Gasteiger charge is -2.08. The summed E-state index contributed by atoms with van der Waals surface area (Å²) in [6, 6.07) is 6.38. The average molecular weight is 419 g/mol. The number of hydrogen-bond donors (Lipinski definition) is 1. The van der Waals surface area contributed by atoms with Gasteiger partial charge >= 0.3 is 0 Å². The topological polar surface area (TPSA) is 86.2 Å². The molecule has 136 valence electrons. The quantitative estimate of drug-likeness (QED) is 0.675. The molecule has 0 aliphatic carbocycles. The van der Waals surface area contributed by atoms with Gasteiger partial charge in [0.05, 0.1) is 15.6 Å². The van der Waals surface area contributed by atoms with E-state index in [0.29, 0.717) is 10.6 Å². The number of halogens is 4. The van der Waals surface area contributed by atoms with E-state index in [1.807, 2.05) is 0 Å². The van der Waals surface area contributed by atoms with Crippen LogP contribution in [0.1, 0.15) is 5.76 Å². The molecule has 26 heavy (non-hydrogen) atoms. The predicted octanol–water partition coefficient (Wildman–Crippen LogP) is 4.55. The molecular formula is C16H10Cl2F2N2O3S. The van der Waals surface area contributed by atoms with Gasteiger partial charge in [0.25, 0.3) is 0 Å². The molecule has 0 unspecified atom stereocenters. The summed E-state index contributed by atoms with van der Waals surface area (Å²) in [5, 5.41) is 9.33. The summed E-state index contributed by atoms with van der Waals surface area (Å²) in [4.78, 5) is -1.20. The van der Waals surface area contributed by atoms with Crippen molar-refractivity contribution in [3.63, 3.8) is 0 Å². The van der Waals surface area contributed by atoms with E-state index in [2.05, 4.69) is 5.16 Å². The van der Waals surface area contributed by atoms with E-state index in [4.69, 9.17) is 32.9 Å². The third kappa shape index (κ3) is 3.33. The van der Waals surface area contributed by atoms with Gasteiger partial charge in [0.2, 0.25) is 10.0 Å². The first-order valence-electron chi connectivity index (χ1n) is 7.03. The van der Waals surface area contributed by atoms with Gasteiger partial charge in [0, 0.05) is 5.56 Å². The van der Waals surface area contributed by atoms with Crippen molar-refractivity contribution in [1.82, 2.24) is 5.16 Å². The molecule has 3 aromatic rings. The summed E-state index contributed by atoms with van der Waals surface area (Å²) >= 11 is 11.9. The Morgan fingerprint density at radius 2 is 1.65 bits per heavy atom. The van der Waals surface area contributed by atoms with Crippen LogP contribution in [0.2, 0.25) is 10.0 Å². The first-order chi connectivity index (χ1) is 12.1. The fourth-order valence-electron chi connectivity index (χ4n) is 2.53.